The highest BCUT2D eigenvalue weighted by Gasteiger charge is 2.39. The van der Waals surface area contributed by atoms with E-state index in [4.69, 9.17) is 5.11 Å². The van der Waals surface area contributed by atoms with Crippen LogP contribution in [0.1, 0.15) is 12.0 Å². The van der Waals surface area contributed by atoms with Gasteiger partial charge in [0.25, 0.3) is 0 Å². The lowest BCUT2D eigenvalue weighted by Crippen LogP contribution is -2.57. The highest BCUT2D eigenvalue weighted by molar-refractivity contribution is 7.89. The van der Waals surface area contributed by atoms with Crippen molar-refractivity contribution in [2.24, 2.45) is 0 Å². The first kappa shape index (κ1) is 15.5. The molecular weight excluding hydrogens is 296 g/mol. The number of hydrogen-bond donors (Lipinski definition) is 2. The number of aliphatic carboxylic acids is 1. The van der Waals surface area contributed by atoms with E-state index in [1.165, 1.54) is 12.1 Å². The fourth-order valence-electron chi connectivity index (χ4n) is 2.19. The first-order chi connectivity index (χ1) is 9.82. The smallest absolute Gasteiger partial charge is 0.305 e. The molecule has 1 aromatic rings. The van der Waals surface area contributed by atoms with E-state index in [1.807, 2.05) is 6.92 Å². The Balaban J connectivity index is 2.38. The zero-order valence-electron chi connectivity index (χ0n) is 11.4. The second-order valence-electron chi connectivity index (χ2n) is 4.83. The number of benzene rings is 1. The predicted molar refractivity (Wildman–Crippen MR) is 74.1 cm³/mol. The predicted octanol–water partition coefficient (Wildman–Crippen LogP) is -0.0412. The minimum Gasteiger partial charge on any atom is -0.481 e. The topological polar surface area (TPSA) is 104 Å². The van der Waals surface area contributed by atoms with Gasteiger partial charge in [-0.2, -0.15) is 4.31 Å². The monoisotopic (exact) mass is 312 g/mol. The number of rotatable bonds is 4. The Morgan fingerprint density at radius 3 is 2.57 bits per heavy atom. The Morgan fingerprint density at radius 2 is 2.00 bits per heavy atom. The summed E-state index contributed by atoms with van der Waals surface area (Å²) in [5.41, 5.74) is 0.910. The van der Waals surface area contributed by atoms with Crippen molar-refractivity contribution in [3.05, 3.63) is 29.8 Å². The van der Waals surface area contributed by atoms with E-state index < -0.39 is 34.4 Å². The highest BCUT2D eigenvalue weighted by Crippen LogP contribution is 2.21. The molecule has 0 aromatic heterocycles. The van der Waals surface area contributed by atoms with Gasteiger partial charge in [-0.3, -0.25) is 9.59 Å². The van der Waals surface area contributed by atoms with Crippen molar-refractivity contribution in [1.29, 1.82) is 0 Å². The maximum absolute atomic E-state index is 12.6. The largest absolute Gasteiger partial charge is 0.481 e. The van der Waals surface area contributed by atoms with Crippen molar-refractivity contribution in [2.45, 2.75) is 24.3 Å². The van der Waals surface area contributed by atoms with E-state index in [9.17, 15) is 18.0 Å². The van der Waals surface area contributed by atoms with Gasteiger partial charge < -0.3 is 10.4 Å². The summed E-state index contributed by atoms with van der Waals surface area (Å²) < 4.78 is 26.1. The average Bonchev–Trinajstić information content (AvgIpc) is 2.41. The number of carboxylic acids is 1. The minimum atomic E-state index is -3.90. The molecule has 0 saturated carbocycles. The summed E-state index contributed by atoms with van der Waals surface area (Å²) >= 11 is 0. The van der Waals surface area contributed by atoms with E-state index in [0.29, 0.717) is 0 Å². The SMILES string of the molecule is Cc1ccc(S(=O)(=O)N2CCNC(=O)[C@@H]2CC(=O)O)cc1. The van der Waals surface area contributed by atoms with Crippen LogP contribution in [0.4, 0.5) is 0 Å². The van der Waals surface area contributed by atoms with E-state index in [1.54, 1.807) is 12.1 Å². The number of hydrogen-bond acceptors (Lipinski definition) is 4. The summed E-state index contributed by atoms with van der Waals surface area (Å²) in [6.07, 6.45) is -0.559. The number of nitrogens with one attached hydrogen (secondary N) is 1. The summed E-state index contributed by atoms with van der Waals surface area (Å²) in [4.78, 5) is 22.7. The lowest BCUT2D eigenvalue weighted by molar-refractivity contribution is -0.141. The first-order valence-corrected chi connectivity index (χ1v) is 7.84. The maximum atomic E-state index is 12.6. The second-order valence-corrected chi connectivity index (χ2v) is 6.72. The molecule has 7 nitrogen and oxygen atoms in total. The number of nitrogens with zero attached hydrogens (tertiary/aromatic N) is 1. The van der Waals surface area contributed by atoms with Crippen molar-refractivity contribution in [1.82, 2.24) is 9.62 Å². The summed E-state index contributed by atoms with van der Waals surface area (Å²) in [7, 11) is -3.90. The molecule has 0 aliphatic carbocycles. The molecule has 1 heterocycles. The Kier molecular flexibility index (Phi) is 4.29. The van der Waals surface area contributed by atoms with Gasteiger partial charge in [0.1, 0.15) is 6.04 Å². The lowest BCUT2D eigenvalue weighted by atomic mass is 10.1. The molecule has 1 fully saturated rings. The number of carbonyl (C=O) groups excluding carboxylic acids is 1. The molecule has 1 aliphatic heterocycles. The Hall–Kier alpha value is -1.93. The van der Waals surface area contributed by atoms with Gasteiger partial charge in [0.2, 0.25) is 15.9 Å². The number of carboxylic acid groups (broad SMARTS) is 1. The molecule has 0 bridgehead atoms. The maximum Gasteiger partial charge on any atom is 0.305 e. The third-order valence-corrected chi connectivity index (χ3v) is 5.20. The highest BCUT2D eigenvalue weighted by atomic mass is 32.2. The molecule has 2 N–H and O–H groups in total. The van der Waals surface area contributed by atoms with Crippen molar-refractivity contribution in [2.75, 3.05) is 13.1 Å². The van der Waals surface area contributed by atoms with Crippen LogP contribution in [0.15, 0.2) is 29.2 Å². The summed E-state index contributed by atoms with van der Waals surface area (Å²) in [5, 5.41) is 11.4. The van der Waals surface area contributed by atoms with Gasteiger partial charge in [0.05, 0.1) is 11.3 Å². The molecule has 1 aromatic carbocycles. The van der Waals surface area contributed by atoms with Crippen LogP contribution in [-0.4, -0.2) is 48.8 Å². The van der Waals surface area contributed by atoms with Crippen LogP contribution < -0.4 is 5.32 Å². The fourth-order valence-corrected chi connectivity index (χ4v) is 3.77. The Labute approximate surface area is 122 Å². The lowest BCUT2D eigenvalue weighted by Gasteiger charge is -2.33. The number of aryl methyl sites for hydroxylation is 1. The van der Waals surface area contributed by atoms with Crippen molar-refractivity contribution in [3.8, 4) is 0 Å². The third-order valence-electron chi connectivity index (χ3n) is 3.28. The molecule has 8 heteroatoms. The van der Waals surface area contributed by atoms with E-state index >= 15 is 0 Å². The van der Waals surface area contributed by atoms with Crippen molar-refractivity contribution in [3.63, 3.8) is 0 Å². The van der Waals surface area contributed by atoms with Crippen molar-refractivity contribution < 1.29 is 23.1 Å². The van der Waals surface area contributed by atoms with Crippen molar-refractivity contribution >= 4 is 21.9 Å². The first-order valence-electron chi connectivity index (χ1n) is 6.40. The second kappa shape index (κ2) is 5.82. The minimum absolute atomic E-state index is 0.0539. The van der Waals surface area contributed by atoms with Gasteiger partial charge in [-0.1, -0.05) is 17.7 Å². The van der Waals surface area contributed by atoms with Crippen LogP contribution in [0, 0.1) is 6.92 Å². The molecule has 21 heavy (non-hydrogen) atoms. The van der Waals surface area contributed by atoms with Gasteiger partial charge in [0, 0.05) is 13.1 Å². The third kappa shape index (κ3) is 3.22. The quantitative estimate of drug-likeness (QED) is 0.812. The van der Waals surface area contributed by atoms with Crippen LogP contribution in [0.5, 0.6) is 0 Å². The van der Waals surface area contributed by atoms with Crippen LogP contribution in [0.25, 0.3) is 0 Å². The number of sulfonamides is 1. The van der Waals surface area contributed by atoms with Crippen LogP contribution in [0.3, 0.4) is 0 Å². The summed E-state index contributed by atoms with van der Waals surface area (Å²) in [6, 6.07) is 5.00. The van der Waals surface area contributed by atoms with Gasteiger partial charge >= 0.3 is 5.97 Å². The van der Waals surface area contributed by atoms with Gasteiger partial charge in [-0.15, -0.1) is 0 Å². The summed E-state index contributed by atoms with van der Waals surface area (Å²) in [6.45, 7) is 2.05. The zero-order valence-corrected chi connectivity index (χ0v) is 12.3. The molecule has 114 valence electrons. The number of piperazine rings is 1. The molecule has 1 amide bonds. The molecular formula is C13H16N2O5S. The van der Waals surface area contributed by atoms with E-state index in [2.05, 4.69) is 5.32 Å². The molecule has 2 rings (SSSR count). The van der Waals surface area contributed by atoms with Gasteiger partial charge in [-0.25, -0.2) is 8.42 Å². The standard InChI is InChI=1S/C13H16N2O5S/c1-9-2-4-10(5-3-9)21(19,20)15-7-6-14-13(18)11(15)8-12(16)17/h2-5,11H,6-8H2,1H3,(H,14,18)(H,16,17)/t11-/m0/s1. The Morgan fingerprint density at radius 1 is 1.38 bits per heavy atom. The molecule has 1 aliphatic rings. The van der Waals surface area contributed by atoms with E-state index in [0.717, 1.165) is 9.87 Å². The molecule has 1 atom stereocenters. The Bertz CT molecular complexity index is 654. The molecule has 0 unspecified atom stereocenters. The normalized spacial score (nSPS) is 20.0. The fraction of sp³-hybridized carbons (Fsp3) is 0.385. The molecule has 0 spiro atoms. The van der Waals surface area contributed by atoms with E-state index in [-0.39, 0.29) is 18.0 Å². The number of carbonyl (C=O) groups is 2. The van der Waals surface area contributed by atoms with Crippen LogP contribution in [-0.2, 0) is 19.6 Å². The van der Waals surface area contributed by atoms with Gasteiger partial charge in [0.15, 0.2) is 0 Å². The molecule has 0 radical (unpaired) electrons. The summed E-state index contributed by atoms with van der Waals surface area (Å²) in [5.74, 6) is -1.81. The average molecular weight is 312 g/mol. The zero-order chi connectivity index (χ0) is 15.6. The van der Waals surface area contributed by atoms with Crippen LogP contribution in [0.2, 0.25) is 0 Å². The molecule has 1 saturated heterocycles. The van der Waals surface area contributed by atoms with Crippen LogP contribution >= 0.6 is 0 Å². The van der Waals surface area contributed by atoms with Gasteiger partial charge in [-0.05, 0) is 19.1 Å². The number of amides is 1.